The first-order chi connectivity index (χ1) is 16.3. The molecule has 8 heteroatoms. The van der Waals surface area contributed by atoms with E-state index < -0.39 is 12.0 Å². The maximum Gasteiger partial charge on any atom is 0.308 e. The first-order valence-corrected chi connectivity index (χ1v) is 13.8. The molecule has 0 spiro atoms. The molecule has 1 aliphatic rings. The van der Waals surface area contributed by atoms with Gasteiger partial charge >= 0.3 is 5.97 Å². The molecule has 1 unspecified atom stereocenters. The number of ether oxygens (including phenoxy) is 1. The van der Waals surface area contributed by atoms with Gasteiger partial charge in [0.2, 0.25) is 11.8 Å². The van der Waals surface area contributed by atoms with Crippen molar-refractivity contribution < 1.29 is 19.1 Å². The van der Waals surface area contributed by atoms with E-state index in [0.717, 1.165) is 25.7 Å². The van der Waals surface area contributed by atoms with Gasteiger partial charge in [0.25, 0.3) is 0 Å². The molecular weight excluding hydrogens is 450 g/mol. The van der Waals surface area contributed by atoms with Crippen LogP contribution in [0, 0.1) is 5.92 Å². The minimum absolute atomic E-state index is 0.0848. The first kappa shape index (κ1) is 30.3. The van der Waals surface area contributed by atoms with E-state index in [1.807, 2.05) is 0 Å². The highest BCUT2D eigenvalue weighted by molar-refractivity contribution is 7.80. The fourth-order valence-electron chi connectivity index (χ4n) is 3.99. The summed E-state index contributed by atoms with van der Waals surface area (Å²) in [6.45, 7) is 7.57. The van der Waals surface area contributed by atoms with Crippen molar-refractivity contribution >= 4 is 35.1 Å². The summed E-state index contributed by atoms with van der Waals surface area (Å²) in [5.41, 5.74) is 0. The molecule has 196 valence electrons. The number of thiocarbonyl (C=S) groups is 1. The second kappa shape index (κ2) is 18.6. The van der Waals surface area contributed by atoms with Crippen molar-refractivity contribution in [1.29, 1.82) is 0 Å². The third-order valence-corrected chi connectivity index (χ3v) is 6.50. The van der Waals surface area contributed by atoms with Crippen molar-refractivity contribution in [2.75, 3.05) is 19.7 Å². The lowest BCUT2D eigenvalue weighted by atomic mass is 10.1. The van der Waals surface area contributed by atoms with E-state index in [4.69, 9.17) is 17.0 Å². The van der Waals surface area contributed by atoms with Gasteiger partial charge in [0.1, 0.15) is 6.04 Å². The third-order valence-electron chi connectivity index (χ3n) is 6.16. The number of carbonyl (C=O) groups is 3. The zero-order chi connectivity index (χ0) is 25.2. The van der Waals surface area contributed by atoms with Crippen LogP contribution in [0.25, 0.3) is 0 Å². The van der Waals surface area contributed by atoms with Gasteiger partial charge in [-0.1, -0.05) is 85.0 Å². The lowest BCUT2D eigenvalue weighted by molar-refractivity contribution is -0.147. The number of hydrogen-bond acceptors (Lipinski definition) is 5. The van der Waals surface area contributed by atoms with E-state index in [1.54, 1.807) is 4.90 Å². The Morgan fingerprint density at radius 1 is 1.06 bits per heavy atom. The van der Waals surface area contributed by atoms with Gasteiger partial charge in [-0.25, -0.2) is 0 Å². The Kier molecular flexibility index (Phi) is 16.6. The molecule has 0 aromatic heterocycles. The van der Waals surface area contributed by atoms with Crippen molar-refractivity contribution in [3.63, 3.8) is 0 Å². The maximum atomic E-state index is 12.4. The zero-order valence-electron chi connectivity index (χ0n) is 21.7. The van der Waals surface area contributed by atoms with E-state index in [0.29, 0.717) is 32.0 Å². The first-order valence-electron chi connectivity index (χ1n) is 13.4. The Morgan fingerprint density at radius 2 is 1.65 bits per heavy atom. The second-order valence-electron chi connectivity index (χ2n) is 9.75. The monoisotopic (exact) mass is 497 g/mol. The molecule has 1 fully saturated rings. The molecule has 2 amide bonds. The molecule has 0 saturated carbocycles. The number of amides is 2. The Morgan fingerprint density at radius 3 is 2.24 bits per heavy atom. The van der Waals surface area contributed by atoms with Crippen molar-refractivity contribution in [2.24, 2.45) is 5.92 Å². The van der Waals surface area contributed by atoms with Crippen LogP contribution in [0.1, 0.15) is 111 Å². The van der Waals surface area contributed by atoms with Crippen molar-refractivity contribution in [3.8, 4) is 0 Å². The number of hydrogen-bond donors (Lipinski definition) is 2. The standard InChI is InChI=1S/C26H47N3O4S/c1-4-5-6-7-8-9-10-11-12-13-14-15-23(30)28-26(34)29-18-17-27-25(32)22(29)20-24(31)33-19-16-21(2)3/h21-22H,4-20H2,1-3H3,(H,27,32)(H,28,30,34). The van der Waals surface area contributed by atoms with Crippen LogP contribution < -0.4 is 10.6 Å². The molecule has 0 bridgehead atoms. The summed E-state index contributed by atoms with van der Waals surface area (Å²) >= 11 is 5.40. The van der Waals surface area contributed by atoms with E-state index in [2.05, 4.69) is 31.4 Å². The topological polar surface area (TPSA) is 87.7 Å². The molecular formula is C26H47N3O4S. The van der Waals surface area contributed by atoms with Crippen LogP contribution >= 0.6 is 12.2 Å². The summed E-state index contributed by atoms with van der Waals surface area (Å²) in [5, 5.41) is 5.73. The molecule has 7 nitrogen and oxygen atoms in total. The lowest BCUT2D eigenvalue weighted by Crippen LogP contribution is -2.60. The summed E-state index contributed by atoms with van der Waals surface area (Å²) in [4.78, 5) is 38.6. The van der Waals surface area contributed by atoms with Crippen LogP contribution in [0.4, 0.5) is 0 Å². The highest BCUT2D eigenvalue weighted by Crippen LogP contribution is 2.13. The average Bonchev–Trinajstić information content (AvgIpc) is 2.78. The van der Waals surface area contributed by atoms with Crippen LogP contribution in [0.5, 0.6) is 0 Å². The van der Waals surface area contributed by atoms with Crippen molar-refractivity contribution in [2.45, 2.75) is 117 Å². The fourth-order valence-corrected chi connectivity index (χ4v) is 4.32. The molecule has 34 heavy (non-hydrogen) atoms. The van der Waals surface area contributed by atoms with Crippen LogP contribution in [0.15, 0.2) is 0 Å². The van der Waals surface area contributed by atoms with Gasteiger partial charge in [-0.3, -0.25) is 14.4 Å². The van der Waals surface area contributed by atoms with E-state index in [1.165, 1.54) is 51.4 Å². The smallest absolute Gasteiger partial charge is 0.308 e. The summed E-state index contributed by atoms with van der Waals surface area (Å²) in [7, 11) is 0. The SMILES string of the molecule is CCCCCCCCCCCCCC(=O)NC(=S)N1CCNC(=O)C1CC(=O)OCCC(C)C. The molecule has 1 rings (SSSR count). The van der Waals surface area contributed by atoms with Gasteiger partial charge in [-0.2, -0.15) is 0 Å². The number of carbonyl (C=O) groups excluding carboxylic acids is 3. The molecule has 0 radical (unpaired) electrons. The molecule has 1 aliphatic heterocycles. The maximum absolute atomic E-state index is 12.4. The van der Waals surface area contributed by atoms with Crippen LogP contribution in [-0.4, -0.2) is 53.5 Å². The molecule has 1 heterocycles. The normalized spacial score (nSPS) is 15.8. The molecule has 1 saturated heterocycles. The molecule has 1 atom stereocenters. The van der Waals surface area contributed by atoms with Crippen molar-refractivity contribution in [1.82, 2.24) is 15.5 Å². The van der Waals surface area contributed by atoms with E-state index >= 15 is 0 Å². The fraction of sp³-hybridized carbons (Fsp3) is 0.846. The van der Waals surface area contributed by atoms with Crippen LogP contribution in [0.2, 0.25) is 0 Å². The van der Waals surface area contributed by atoms with Crippen LogP contribution in [-0.2, 0) is 19.1 Å². The molecule has 0 aromatic rings. The van der Waals surface area contributed by atoms with Gasteiger partial charge in [0.05, 0.1) is 13.0 Å². The number of nitrogens with one attached hydrogen (secondary N) is 2. The van der Waals surface area contributed by atoms with Gasteiger partial charge in [-0.05, 0) is 31.0 Å². The Balaban J connectivity index is 2.26. The largest absolute Gasteiger partial charge is 0.466 e. The summed E-state index contributed by atoms with van der Waals surface area (Å²) < 4.78 is 5.26. The number of nitrogens with zero attached hydrogens (tertiary/aromatic N) is 1. The highest BCUT2D eigenvalue weighted by Gasteiger charge is 2.34. The zero-order valence-corrected chi connectivity index (χ0v) is 22.5. The van der Waals surface area contributed by atoms with E-state index in [-0.39, 0.29) is 23.3 Å². The molecule has 0 aromatic carbocycles. The van der Waals surface area contributed by atoms with Crippen LogP contribution in [0.3, 0.4) is 0 Å². The molecule has 0 aliphatic carbocycles. The number of piperazine rings is 1. The Labute approximate surface area is 212 Å². The number of esters is 1. The summed E-state index contributed by atoms with van der Waals surface area (Å²) in [5.74, 6) is -0.396. The van der Waals surface area contributed by atoms with E-state index in [9.17, 15) is 14.4 Å². The van der Waals surface area contributed by atoms with Gasteiger partial charge in [0, 0.05) is 19.5 Å². The third kappa shape index (κ3) is 13.9. The Bertz CT molecular complexity index is 627. The minimum Gasteiger partial charge on any atom is -0.466 e. The van der Waals surface area contributed by atoms with Gasteiger partial charge < -0.3 is 20.3 Å². The number of unbranched alkanes of at least 4 members (excludes halogenated alkanes) is 10. The predicted molar refractivity (Wildman–Crippen MR) is 140 cm³/mol. The summed E-state index contributed by atoms with van der Waals surface area (Å²) in [6, 6.07) is -0.755. The lowest BCUT2D eigenvalue weighted by Gasteiger charge is -2.36. The van der Waals surface area contributed by atoms with Gasteiger partial charge in [-0.15, -0.1) is 0 Å². The minimum atomic E-state index is -0.755. The Hall–Kier alpha value is -1.70. The van der Waals surface area contributed by atoms with Crippen molar-refractivity contribution in [3.05, 3.63) is 0 Å². The quantitative estimate of drug-likeness (QED) is 0.169. The summed E-state index contributed by atoms with van der Waals surface area (Å²) in [6.07, 6.45) is 14.6. The average molecular weight is 498 g/mol. The molecule has 2 N–H and O–H groups in total. The highest BCUT2D eigenvalue weighted by atomic mass is 32.1. The van der Waals surface area contributed by atoms with Gasteiger partial charge in [0.15, 0.2) is 5.11 Å². The second-order valence-corrected chi connectivity index (χ2v) is 10.1. The number of rotatable bonds is 17. The predicted octanol–water partition coefficient (Wildman–Crippen LogP) is 4.87.